The fourth-order valence-corrected chi connectivity index (χ4v) is 3.06. The van der Waals surface area contributed by atoms with E-state index in [1.807, 2.05) is 0 Å². The van der Waals surface area contributed by atoms with Crippen molar-refractivity contribution in [3.8, 4) is 5.75 Å². The zero-order valence-corrected chi connectivity index (χ0v) is 10.1. The van der Waals surface area contributed by atoms with E-state index in [0.29, 0.717) is 17.1 Å². The van der Waals surface area contributed by atoms with Gasteiger partial charge < -0.3 is 10.4 Å². The van der Waals surface area contributed by atoms with Gasteiger partial charge in [-0.15, -0.1) is 0 Å². The molecule has 1 aliphatic heterocycles. The topological polar surface area (TPSA) is 79.3 Å². The second-order valence-electron chi connectivity index (χ2n) is 4.03. The van der Waals surface area contributed by atoms with E-state index >= 15 is 0 Å². The smallest absolute Gasteiger partial charge is 0.253 e. The summed E-state index contributed by atoms with van der Waals surface area (Å²) in [5.41, 5.74) is 0.344. The van der Waals surface area contributed by atoms with E-state index in [4.69, 9.17) is 0 Å². The summed E-state index contributed by atoms with van der Waals surface area (Å²) in [5, 5.41) is 12.1. The number of rotatable bonds is 2. The summed E-state index contributed by atoms with van der Waals surface area (Å²) in [5.74, 6) is 1.01. The van der Waals surface area contributed by atoms with Crippen LogP contribution in [-0.2, 0) is 10.8 Å². The standard InChI is InChI=1S/C11H14N2O3S/c14-10-5-8(6-12-7-10)11(15)13-9-1-3-17(16)4-2-9/h5-7,9,14H,1-4H2,(H,13,15). The third-order valence-corrected chi connectivity index (χ3v) is 4.09. The van der Waals surface area contributed by atoms with Crippen LogP contribution in [-0.4, -0.2) is 37.8 Å². The van der Waals surface area contributed by atoms with Gasteiger partial charge in [0.15, 0.2) is 0 Å². The first kappa shape index (κ1) is 12.0. The van der Waals surface area contributed by atoms with Crippen molar-refractivity contribution in [3.05, 3.63) is 24.0 Å². The van der Waals surface area contributed by atoms with Crippen molar-refractivity contribution >= 4 is 16.7 Å². The summed E-state index contributed by atoms with van der Waals surface area (Å²) >= 11 is 0. The van der Waals surface area contributed by atoms with Gasteiger partial charge in [0.05, 0.1) is 11.8 Å². The van der Waals surface area contributed by atoms with Crippen molar-refractivity contribution in [2.24, 2.45) is 0 Å². The number of nitrogens with zero attached hydrogens (tertiary/aromatic N) is 1. The predicted molar refractivity (Wildman–Crippen MR) is 64.3 cm³/mol. The van der Waals surface area contributed by atoms with Crippen molar-refractivity contribution in [2.45, 2.75) is 18.9 Å². The number of carbonyl (C=O) groups is 1. The van der Waals surface area contributed by atoms with Crippen LogP contribution in [0.4, 0.5) is 0 Å². The molecule has 0 saturated carbocycles. The molecule has 0 aliphatic carbocycles. The van der Waals surface area contributed by atoms with Crippen LogP contribution in [0.2, 0.25) is 0 Å². The zero-order chi connectivity index (χ0) is 12.3. The van der Waals surface area contributed by atoms with Crippen LogP contribution in [0.3, 0.4) is 0 Å². The normalized spacial score (nSPS) is 24.2. The van der Waals surface area contributed by atoms with Crippen molar-refractivity contribution in [2.75, 3.05) is 11.5 Å². The molecule has 1 amide bonds. The Balaban J connectivity index is 1.95. The minimum atomic E-state index is -0.728. The largest absolute Gasteiger partial charge is 0.506 e. The van der Waals surface area contributed by atoms with E-state index in [9.17, 15) is 14.1 Å². The average Bonchev–Trinajstić information content (AvgIpc) is 2.32. The molecule has 6 heteroatoms. The number of hydrogen-bond donors (Lipinski definition) is 2. The molecule has 0 atom stereocenters. The Hall–Kier alpha value is -1.43. The lowest BCUT2D eigenvalue weighted by Crippen LogP contribution is -2.39. The maximum Gasteiger partial charge on any atom is 0.253 e. The summed E-state index contributed by atoms with van der Waals surface area (Å²) < 4.78 is 11.2. The third kappa shape index (κ3) is 3.26. The van der Waals surface area contributed by atoms with Crippen LogP contribution in [0.1, 0.15) is 23.2 Å². The Morgan fingerprint density at radius 2 is 2.12 bits per heavy atom. The molecule has 2 heterocycles. The van der Waals surface area contributed by atoms with E-state index in [1.165, 1.54) is 18.5 Å². The van der Waals surface area contributed by atoms with Crippen LogP contribution in [0.15, 0.2) is 18.5 Å². The lowest BCUT2D eigenvalue weighted by molar-refractivity contribution is 0.0934. The average molecular weight is 254 g/mol. The number of pyridine rings is 1. The highest BCUT2D eigenvalue weighted by atomic mass is 32.2. The summed E-state index contributed by atoms with van der Waals surface area (Å²) in [6, 6.07) is 1.45. The molecule has 92 valence electrons. The molecule has 17 heavy (non-hydrogen) atoms. The van der Waals surface area contributed by atoms with Gasteiger partial charge >= 0.3 is 0 Å². The van der Waals surface area contributed by atoms with Gasteiger partial charge in [-0.25, -0.2) is 0 Å². The molecular formula is C11H14N2O3S. The van der Waals surface area contributed by atoms with Crippen LogP contribution in [0, 0.1) is 0 Å². The molecule has 1 fully saturated rings. The highest BCUT2D eigenvalue weighted by molar-refractivity contribution is 7.85. The molecule has 0 unspecified atom stereocenters. The number of aromatic hydroxyl groups is 1. The summed E-state index contributed by atoms with van der Waals surface area (Å²) in [4.78, 5) is 15.6. The molecule has 5 nitrogen and oxygen atoms in total. The second kappa shape index (κ2) is 5.27. The molecule has 2 rings (SSSR count). The van der Waals surface area contributed by atoms with Crippen molar-refractivity contribution in [3.63, 3.8) is 0 Å². The number of hydrogen-bond acceptors (Lipinski definition) is 4. The zero-order valence-electron chi connectivity index (χ0n) is 9.26. The van der Waals surface area contributed by atoms with Gasteiger partial charge in [0, 0.05) is 34.5 Å². The molecule has 1 aromatic heterocycles. The number of aromatic nitrogens is 1. The van der Waals surface area contributed by atoms with Crippen molar-refractivity contribution < 1.29 is 14.1 Å². The highest BCUT2D eigenvalue weighted by Gasteiger charge is 2.20. The molecule has 1 saturated heterocycles. The van der Waals surface area contributed by atoms with Gasteiger partial charge in [0.1, 0.15) is 5.75 Å². The monoisotopic (exact) mass is 254 g/mol. The van der Waals surface area contributed by atoms with Gasteiger partial charge in [-0.3, -0.25) is 14.0 Å². The SMILES string of the molecule is O=C(NC1CCS(=O)CC1)c1cncc(O)c1. The minimum Gasteiger partial charge on any atom is -0.506 e. The van der Waals surface area contributed by atoms with E-state index in [-0.39, 0.29) is 17.7 Å². The van der Waals surface area contributed by atoms with Gasteiger partial charge in [0.2, 0.25) is 0 Å². The number of nitrogens with one attached hydrogen (secondary N) is 1. The fourth-order valence-electron chi connectivity index (χ4n) is 1.76. The van der Waals surface area contributed by atoms with Crippen molar-refractivity contribution in [1.82, 2.24) is 10.3 Å². The highest BCUT2D eigenvalue weighted by Crippen LogP contribution is 2.12. The number of amides is 1. The lowest BCUT2D eigenvalue weighted by Gasteiger charge is -2.22. The van der Waals surface area contributed by atoms with E-state index in [0.717, 1.165) is 12.8 Å². The Morgan fingerprint density at radius 1 is 1.41 bits per heavy atom. The summed E-state index contributed by atoms with van der Waals surface area (Å²) in [7, 11) is -0.728. The second-order valence-corrected chi connectivity index (χ2v) is 5.72. The molecular weight excluding hydrogens is 240 g/mol. The van der Waals surface area contributed by atoms with Crippen molar-refractivity contribution in [1.29, 1.82) is 0 Å². The molecule has 0 aromatic carbocycles. The maximum atomic E-state index is 11.8. The fraction of sp³-hybridized carbons (Fsp3) is 0.455. The van der Waals surface area contributed by atoms with Gasteiger partial charge in [-0.1, -0.05) is 0 Å². The van der Waals surface area contributed by atoms with Crippen LogP contribution in [0.25, 0.3) is 0 Å². The first-order valence-corrected chi connectivity index (χ1v) is 6.94. The maximum absolute atomic E-state index is 11.8. The molecule has 1 aromatic rings. The molecule has 1 aliphatic rings. The molecule has 0 bridgehead atoms. The van der Waals surface area contributed by atoms with Crippen LogP contribution >= 0.6 is 0 Å². The van der Waals surface area contributed by atoms with Crippen LogP contribution < -0.4 is 5.32 Å². The van der Waals surface area contributed by atoms with Crippen LogP contribution in [0.5, 0.6) is 5.75 Å². The third-order valence-electron chi connectivity index (χ3n) is 2.71. The minimum absolute atomic E-state index is 0.0256. The number of carbonyl (C=O) groups excluding carboxylic acids is 1. The summed E-state index contributed by atoms with van der Waals surface area (Å²) in [6.07, 6.45) is 4.17. The Morgan fingerprint density at radius 3 is 2.76 bits per heavy atom. The van der Waals surface area contributed by atoms with E-state index in [2.05, 4.69) is 10.3 Å². The Bertz CT molecular complexity index is 440. The van der Waals surface area contributed by atoms with E-state index < -0.39 is 10.8 Å². The Kier molecular flexibility index (Phi) is 3.73. The lowest BCUT2D eigenvalue weighted by atomic mass is 10.1. The van der Waals surface area contributed by atoms with Gasteiger partial charge in [0.25, 0.3) is 5.91 Å². The van der Waals surface area contributed by atoms with E-state index in [1.54, 1.807) is 0 Å². The Labute approximate surface area is 102 Å². The first-order chi connectivity index (χ1) is 8.15. The summed E-state index contributed by atoms with van der Waals surface area (Å²) in [6.45, 7) is 0. The van der Waals surface area contributed by atoms with Gasteiger partial charge in [-0.2, -0.15) is 0 Å². The predicted octanol–water partition coefficient (Wildman–Crippen LogP) is 0.428. The molecule has 2 N–H and O–H groups in total. The first-order valence-electron chi connectivity index (χ1n) is 5.45. The van der Waals surface area contributed by atoms with Gasteiger partial charge in [-0.05, 0) is 18.9 Å². The quantitative estimate of drug-likeness (QED) is 0.802. The molecule has 0 spiro atoms. The molecule has 0 radical (unpaired) electrons.